The number of anilines is 1. The van der Waals surface area contributed by atoms with Gasteiger partial charge in [-0.15, -0.1) is 0 Å². The van der Waals surface area contributed by atoms with Crippen molar-refractivity contribution in [3.63, 3.8) is 0 Å². The summed E-state index contributed by atoms with van der Waals surface area (Å²) in [6.07, 6.45) is 8.25. The third-order valence-corrected chi connectivity index (χ3v) is 7.65. The molecule has 1 saturated heterocycles. The second-order valence-electron chi connectivity index (χ2n) is 10.9. The summed E-state index contributed by atoms with van der Waals surface area (Å²) in [6, 6.07) is 24.3. The number of esters is 2. The Labute approximate surface area is 261 Å². The molecule has 1 atom stereocenters. The van der Waals surface area contributed by atoms with Crippen molar-refractivity contribution in [2.24, 2.45) is 5.92 Å². The van der Waals surface area contributed by atoms with Crippen LogP contribution in [0.25, 0.3) is 6.08 Å². The maximum atomic E-state index is 12.1. The number of unbranched alkanes of at least 4 members (excludes halogenated alkanes) is 1. The molecule has 0 spiro atoms. The molecule has 0 amide bonds. The van der Waals surface area contributed by atoms with Gasteiger partial charge in [-0.25, -0.2) is 4.79 Å². The Morgan fingerprint density at radius 3 is 2.30 bits per heavy atom. The summed E-state index contributed by atoms with van der Waals surface area (Å²) in [7, 11) is 0. The number of nitrogens with zero attached hydrogens (tertiary/aromatic N) is 1. The van der Waals surface area contributed by atoms with Crippen molar-refractivity contribution in [2.75, 3.05) is 44.4 Å². The number of benzene rings is 3. The van der Waals surface area contributed by atoms with Crippen molar-refractivity contribution in [1.82, 2.24) is 0 Å². The molecule has 0 N–H and O–H groups in total. The fraction of sp³-hybridized carbons (Fsp3) is 0.405. The molecule has 1 aliphatic rings. The van der Waals surface area contributed by atoms with Crippen molar-refractivity contribution in [3.8, 4) is 5.75 Å². The van der Waals surface area contributed by atoms with E-state index < -0.39 is 0 Å². The molecule has 1 unspecified atom stereocenters. The van der Waals surface area contributed by atoms with Gasteiger partial charge in [0.25, 0.3) is 0 Å². The quantitative estimate of drug-likeness (QED) is 0.127. The molecule has 234 valence electrons. The predicted octanol–water partition coefficient (Wildman–Crippen LogP) is 7.27. The lowest BCUT2D eigenvalue weighted by atomic mass is 9.92. The molecule has 1 heterocycles. The van der Waals surface area contributed by atoms with Crippen LogP contribution in [-0.2, 0) is 32.0 Å². The Balaban J connectivity index is 1.40. The minimum Gasteiger partial charge on any atom is -0.488 e. The number of hydrogen-bond acceptors (Lipinski definition) is 7. The Bertz CT molecular complexity index is 1330. The number of para-hydroxylation sites is 1. The van der Waals surface area contributed by atoms with Gasteiger partial charge >= 0.3 is 11.9 Å². The number of rotatable bonds is 16. The van der Waals surface area contributed by atoms with Gasteiger partial charge in [0.2, 0.25) is 0 Å². The highest BCUT2D eigenvalue weighted by Crippen LogP contribution is 2.25. The Hall–Kier alpha value is -4.10. The van der Waals surface area contributed by atoms with E-state index in [1.807, 2.05) is 49.4 Å². The fourth-order valence-corrected chi connectivity index (χ4v) is 5.24. The highest BCUT2D eigenvalue weighted by molar-refractivity contribution is 5.89. The normalized spacial score (nSPS) is 13.9. The third kappa shape index (κ3) is 10.6. The van der Waals surface area contributed by atoms with Gasteiger partial charge in [0.05, 0.1) is 32.0 Å². The van der Waals surface area contributed by atoms with Crippen LogP contribution >= 0.6 is 0 Å². The Morgan fingerprint density at radius 2 is 1.57 bits per heavy atom. The molecular formula is C37H45NO6. The van der Waals surface area contributed by atoms with E-state index in [2.05, 4.69) is 47.4 Å². The average Bonchev–Trinajstić information content (AvgIpc) is 3.06. The molecule has 4 rings (SSSR count). The summed E-state index contributed by atoms with van der Waals surface area (Å²) in [5.41, 5.74) is 5.05. The average molecular weight is 600 g/mol. The van der Waals surface area contributed by atoms with Crippen LogP contribution in [0.3, 0.4) is 0 Å². The van der Waals surface area contributed by atoms with E-state index >= 15 is 0 Å². The first-order valence-electron chi connectivity index (χ1n) is 15.8. The smallest absolute Gasteiger partial charge is 0.338 e. The number of allylic oxidation sites excluding steroid dienone is 1. The molecular weight excluding hydrogens is 554 g/mol. The van der Waals surface area contributed by atoms with Gasteiger partial charge in [-0.05, 0) is 80.5 Å². The highest BCUT2D eigenvalue weighted by Gasteiger charge is 2.13. The first-order valence-corrected chi connectivity index (χ1v) is 15.8. The summed E-state index contributed by atoms with van der Waals surface area (Å²) in [4.78, 5) is 26.2. The first-order chi connectivity index (χ1) is 21.6. The van der Waals surface area contributed by atoms with Crippen molar-refractivity contribution < 1.29 is 28.5 Å². The number of ether oxygens (including phenoxy) is 4. The minimum atomic E-state index is -0.306. The van der Waals surface area contributed by atoms with Crippen LogP contribution in [0, 0.1) is 5.92 Å². The van der Waals surface area contributed by atoms with E-state index in [0.717, 1.165) is 74.4 Å². The van der Waals surface area contributed by atoms with Crippen molar-refractivity contribution in [2.45, 2.75) is 52.6 Å². The van der Waals surface area contributed by atoms with Crippen molar-refractivity contribution in [3.05, 3.63) is 101 Å². The molecule has 0 saturated carbocycles. The summed E-state index contributed by atoms with van der Waals surface area (Å²) in [6.45, 7) is 8.25. The van der Waals surface area contributed by atoms with Crippen LogP contribution in [0.4, 0.5) is 5.69 Å². The standard InChI is InChI=1S/C37H45NO6/c1-3-42-36(39)12-8-5-9-29(27-30-14-19-33(20-15-30)37(40)43-4-2)13-18-32-10-6-7-11-35(32)44-28-31-16-21-34(22-17-31)38-23-25-41-26-24-38/h6-7,10-11,13-22,29H,3-5,8-9,12,23-28H2,1-2H3. The van der Waals surface area contributed by atoms with Gasteiger partial charge in [-0.1, -0.05) is 61.0 Å². The highest BCUT2D eigenvalue weighted by atomic mass is 16.5. The van der Waals surface area contributed by atoms with Gasteiger partial charge in [-0.2, -0.15) is 0 Å². The summed E-state index contributed by atoms with van der Waals surface area (Å²) >= 11 is 0. The Morgan fingerprint density at radius 1 is 0.864 bits per heavy atom. The second kappa shape index (κ2) is 17.9. The zero-order chi connectivity index (χ0) is 31.0. The summed E-state index contributed by atoms with van der Waals surface area (Å²) in [5.74, 6) is 0.627. The maximum absolute atomic E-state index is 12.1. The molecule has 7 heteroatoms. The van der Waals surface area contributed by atoms with Gasteiger partial charge in [0.1, 0.15) is 12.4 Å². The lowest BCUT2D eigenvalue weighted by Crippen LogP contribution is -2.36. The molecule has 0 bridgehead atoms. The van der Waals surface area contributed by atoms with Gasteiger partial charge in [-0.3, -0.25) is 4.79 Å². The predicted molar refractivity (Wildman–Crippen MR) is 174 cm³/mol. The number of carbonyl (C=O) groups excluding carboxylic acids is 2. The second-order valence-corrected chi connectivity index (χ2v) is 10.9. The van der Waals surface area contributed by atoms with E-state index in [4.69, 9.17) is 18.9 Å². The van der Waals surface area contributed by atoms with E-state index in [1.165, 1.54) is 5.69 Å². The summed E-state index contributed by atoms with van der Waals surface area (Å²) in [5, 5.41) is 0. The van der Waals surface area contributed by atoms with Crippen LogP contribution in [0.5, 0.6) is 5.75 Å². The fourth-order valence-electron chi connectivity index (χ4n) is 5.24. The monoisotopic (exact) mass is 599 g/mol. The molecule has 1 fully saturated rings. The number of carbonyl (C=O) groups is 2. The lowest BCUT2D eigenvalue weighted by Gasteiger charge is -2.28. The van der Waals surface area contributed by atoms with Crippen LogP contribution in [-0.4, -0.2) is 51.5 Å². The van der Waals surface area contributed by atoms with Crippen LogP contribution in [0.1, 0.15) is 66.6 Å². The lowest BCUT2D eigenvalue weighted by molar-refractivity contribution is -0.143. The topological polar surface area (TPSA) is 74.3 Å². The maximum Gasteiger partial charge on any atom is 0.338 e. The molecule has 44 heavy (non-hydrogen) atoms. The van der Waals surface area contributed by atoms with E-state index in [1.54, 1.807) is 6.92 Å². The largest absolute Gasteiger partial charge is 0.488 e. The molecule has 0 aliphatic carbocycles. The van der Waals surface area contributed by atoms with Gasteiger partial charge in [0, 0.05) is 30.8 Å². The molecule has 0 aromatic heterocycles. The molecule has 3 aromatic carbocycles. The summed E-state index contributed by atoms with van der Waals surface area (Å²) < 4.78 is 22.0. The zero-order valence-electron chi connectivity index (χ0n) is 26.0. The van der Waals surface area contributed by atoms with Crippen molar-refractivity contribution >= 4 is 23.7 Å². The van der Waals surface area contributed by atoms with Gasteiger partial charge < -0.3 is 23.8 Å². The first kappa shape index (κ1) is 32.8. The van der Waals surface area contributed by atoms with E-state index in [-0.39, 0.29) is 17.9 Å². The molecule has 3 aromatic rings. The van der Waals surface area contributed by atoms with E-state index in [9.17, 15) is 9.59 Å². The minimum absolute atomic E-state index is 0.143. The number of hydrogen-bond donors (Lipinski definition) is 0. The molecule has 7 nitrogen and oxygen atoms in total. The zero-order valence-corrected chi connectivity index (χ0v) is 26.0. The van der Waals surface area contributed by atoms with Gasteiger partial charge in [0.15, 0.2) is 0 Å². The van der Waals surface area contributed by atoms with Crippen LogP contribution < -0.4 is 9.64 Å². The van der Waals surface area contributed by atoms with Crippen LogP contribution in [0.15, 0.2) is 78.9 Å². The van der Waals surface area contributed by atoms with Crippen LogP contribution in [0.2, 0.25) is 0 Å². The van der Waals surface area contributed by atoms with Crippen molar-refractivity contribution in [1.29, 1.82) is 0 Å². The molecule has 1 aliphatic heterocycles. The Kier molecular flexibility index (Phi) is 13.3. The molecule has 0 radical (unpaired) electrons. The number of morpholine rings is 1. The van der Waals surface area contributed by atoms with E-state index in [0.29, 0.717) is 31.8 Å². The SMILES string of the molecule is CCOC(=O)CCCCC(C=Cc1ccccc1OCc1ccc(N2CCOCC2)cc1)Cc1ccc(C(=O)OCC)cc1. The third-order valence-electron chi connectivity index (χ3n) is 7.65.